The summed E-state index contributed by atoms with van der Waals surface area (Å²) in [5.41, 5.74) is 0.838. The second-order valence-corrected chi connectivity index (χ2v) is 8.52. The summed E-state index contributed by atoms with van der Waals surface area (Å²) in [7, 11) is 0. The van der Waals surface area contributed by atoms with E-state index in [1.807, 2.05) is 15.8 Å². The van der Waals surface area contributed by atoms with Crippen molar-refractivity contribution in [2.24, 2.45) is 0 Å². The van der Waals surface area contributed by atoms with Crippen molar-refractivity contribution in [1.29, 1.82) is 0 Å². The van der Waals surface area contributed by atoms with Gasteiger partial charge in [-0.15, -0.1) is 21.5 Å². The first kappa shape index (κ1) is 19.1. The lowest BCUT2D eigenvalue weighted by atomic mass is 9.95. The molecule has 7 nitrogen and oxygen atoms in total. The first-order valence-corrected chi connectivity index (χ1v) is 11.2. The van der Waals surface area contributed by atoms with E-state index >= 15 is 0 Å². The summed E-state index contributed by atoms with van der Waals surface area (Å²) >= 11 is 1.45. The zero-order chi connectivity index (χ0) is 19.5. The summed E-state index contributed by atoms with van der Waals surface area (Å²) in [6.07, 6.45) is 8.65. The van der Waals surface area contributed by atoms with Crippen molar-refractivity contribution >= 4 is 33.2 Å². The fourth-order valence-electron chi connectivity index (χ4n) is 4.03. The molecule has 0 atom stereocenters. The Labute approximate surface area is 167 Å². The van der Waals surface area contributed by atoms with Crippen LogP contribution in [0.1, 0.15) is 64.1 Å². The molecule has 1 N–H and O–H groups in total. The van der Waals surface area contributed by atoms with Crippen molar-refractivity contribution in [2.45, 2.75) is 77.3 Å². The van der Waals surface area contributed by atoms with E-state index in [1.54, 1.807) is 4.57 Å². The molecule has 28 heavy (non-hydrogen) atoms. The second-order valence-electron chi connectivity index (χ2n) is 7.60. The van der Waals surface area contributed by atoms with Gasteiger partial charge in [0.05, 0.1) is 5.52 Å². The van der Waals surface area contributed by atoms with Gasteiger partial charge in [0.1, 0.15) is 10.5 Å². The maximum atomic E-state index is 12.8. The SMILES string of the molecule is CCCCn1c(=O)c2sccc2n2c(CCC(=O)NC3CCCCC3)nnc12. The molecule has 1 amide bonds. The fourth-order valence-corrected chi connectivity index (χ4v) is 4.86. The first-order valence-electron chi connectivity index (χ1n) is 10.3. The Hall–Kier alpha value is -2.22. The molecule has 1 aliphatic rings. The van der Waals surface area contributed by atoms with Crippen molar-refractivity contribution in [1.82, 2.24) is 24.5 Å². The minimum atomic E-state index is -0.0000541. The van der Waals surface area contributed by atoms with E-state index in [0.717, 1.165) is 41.7 Å². The van der Waals surface area contributed by atoms with E-state index in [1.165, 1.54) is 30.6 Å². The predicted octanol–water partition coefficient (Wildman–Crippen LogP) is 3.29. The number of carbonyl (C=O) groups excluding carboxylic acids is 1. The van der Waals surface area contributed by atoms with E-state index in [0.29, 0.717) is 31.2 Å². The standard InChI is InChI=1S/C20H27N5O2S/c1-2-3-12-24-19(27)18-15(11-13-28-18)25-16(22-23-20(24)25)9-10-17(26)21-14-7-5-4-6-8-14/h11,13-14H,2-10,12H2,1H3,(H,21,26). The van der Waals surface area contributed by atoms with Crippen LogP contribution in [0.2, 0.25) is 0 Å². The Morgan fingerprint density at radius 2 is 2.11 bits per heavy atom. The summed E-state index contributed by atoms with van der Waals surface area (Å²) in [6, 6.07) is 2.26. The summed E-state index contributed by atoms with van der Waals surface area (Å²) in [5.74, 6) is 1.39. The van der Waals surface area contributed by atoms with Gasteiger partial charge in [-0.3, -0.25) is 18.6 Å². The third kappa shape index (κ3) is 3.70. The highest BCUT2D eigenvalue weighted by Crippen LogP contribution is 2.21. The molecule has 0 aliphatic heterocycles. The number of unbranched alkanes of at least 4 members (excludes halogenated alkanes) is 1. The van der Waals surface area contributed by atoms with Gasteiger partial charge in [0.25, 0.3) is 5.56 Å². The van der Waals surface area contributed by atoms with Gasteiger partial charge in [-0.2, -0.15) is 0 Å². The van der Waals surface area contributed by atoms with Crippen LogP contribution in [0.15, 0.2) is 16.2 Å². The smallest absolute Gasteiger partial charge is 0.272 e. The zero-order valence-corrected chi connectivity index (χ0v) is 17.1. The van der Waals surface area contributed by atoms with Crippen LogP contribution in [0.4, 0.5) is 0 Å². The van der Waals surface area contributed by atoms with Gasteiger partial charge in [-0.05, 0) is 30.7 Å². The molecule has 0 spiro atoms. The number of fused-ring (bicyclic) bond motifs is 3. The lowest BCUT2D eigenvalue weighted by molar-refractivity contribution is -0.122. The molecule has 0 bridgehead atoms. The van der Waals surface area contributed by atoms with Crippen LogP contribution in [-0.2, 0) is 17.8 Å². The largest absolute Gasteiger partial charge is 0.353 e. The third-order valence-corrected chi connectivity index (χ3v) is 6.45. The molecule has 1 saturated carbocycles. The first-order chi connectivity index (χ1) is 13.7. The number of hydrogen-bond donors (Lipinski definition) is 1. The number of hydrogen-bond acceptors (Lipinski definition) is 5. The second kappa shape index (κ2) is 8.43. The molecule has 150 valence electrons. The van der Waals surface area contributed by atoms with E-state index in [9.17, 15) is 9.59 Å². The van der Waals surface area contributed by atoms with Crippen LogP contribution < -0.4 is 10.9 Å². The molecule has 0 radical (unpaired) electrons. The fraction of sp³-hybridized carbons (Fsp3) is 0.600. The number of aromatic nitrogens is 4. The Morgan fingerprint density at radius 1 is 1.29 bits per heavy atom. The predicted molar refractivity (Wildman–Crippen MR) is 111 cm³/mol. The lowest BCUT2D eigenvalue weighted by Gasteiger charge is -2.22. The lowest BCUT2D eigenvalue weighted by Crippen LogP contribution is -2.36. The van der Waals surface area contributed by atoms with Crippen molar-refractivity contribution in [3.05, 3.63) is 27.6 Å². The molecule has 1 aliphatic carbocycles. The summed E-state index contributed by atoms with van der Waals surface area (Å²) < 4.78 is 4.40. The highest BCUT2D eigenvalue weighted by Gasteiger charge is 2.19. The van der Waals surface area contributed by atoms with E-state index in [-0.39, 0.29) is 11.5 Å². The normalized spacial score (nSPS) is 15.5. The van der Waals surface area contributed by atoms with Crippen molar-refractivity contribution < 1.29 is 4.79 Å². The van der Waals surface area contributed by atoms with Crippen LogP contribution in [-0.4, -0.2) is 31.1 Å². The Kier molecular flexibility index (Phi) is 5.75. The van der Waals surface area contributed by atoms with Gasteiger partial charge in [0, 0.05) is 25.4 Å². The molecule has 4 rings (SSSR count). The molecule has 8 heteroatoms. The van der Waals surface area contributed by atoms with Gasteiger partial charge in [-0.25, -0.2) is 0 Å². The number of aryl methyl sites for hydroxylation is 2. The van der Waals surface area contributed by atoms with Crippen LogP contribution in [0.3, 0.4) is 0 Å². The molecule has 0 saturated heterocycles. The van der Waals surface area contributed by atoms with Crippen molar-refractivity contribution in [3.8, 4) is 0 Å². The highest BCUT2D eigenvalue weighted by atomic mass is 32.1. The van der Waals surface area contributed by atoms with Crippen molar-refractivity contribution in [2.75, 3.05) is 0 Å². The molecular weight excluding hydrogens is 374 g/mol. The van der Waals surface area contributed by atoms with Crippen molar-refractivity contribution in [3.63, 3.8) is 0 Å². The Bertz CT molecular complexity index is 1030. The monoisotopic (exact) mass is 401 g/mol. The van der Waals surface area contributed by atoms with E-state index in [2.05, 4.69) is 22.4 Å². The minimum Gasteiger partial charge on any atom is -0.353 e. The van der Waals surface area contributed by atoms with Crippen LogP contribution in [0.5, 0.6) is 0 Å². The van der Waals surface area contributed by atoms with Crippen LogP contribution >= 0.6 is 11.3 Å². The Balaban J connectivity index is 1.58. The zero-order valence-electron chi connectivity index (χ0n) is 16.3. The molecule has 1 fully saturated rings. The number of carbonyl (C=O) groups is 1. The van der Waals surface area contributed by atoms with Gasteiger partial charge >= 0.3 is 0 Å². The Morgan fingerprint density at radius 3 is 2.89 bits per heavy atom. The number of thiophene rings is 1. The minimum absolute atomic E-state index is 0.0000541. The average molecular weight is 402 g/mol. The number of nitrogens with one attached hydrogen (secondary N) is 1. The molecule has 3 aromatic heterocycles. The molecule has 0 unspecified atom stereocenters. The van der Waals surface area contributed by atoms with Crippen LogP contribution in [0.25, 0.3) is 16.0 Å². The third-order valence-electron chi connectivity index (χ3n) is 5.56. The van der Waals surface area contributed by atoms with Gasteiger partial charge in [-0.1, -0.05) is 32.6 Å². The van der Waals surface area contributed by atoms with Gasteiger partial charge in [0.2, 0.25) is 11.7 Å². The highest BCUT2D eigenvalue weighted by molar-refractivity contribution is 7.17. The van der Waals surface area contributed by atoms with E-state index < -0.39 is 0 Å². The van der Waals surface area contributed by atoms with Crippen LogP contribution in [0, 0.1) is 0 Å². The van der Waals surface area contributed by atoms with E-state index in [4.69, 9.17) is 0 Å². The number of nitrogens with zero attached hydrogens (tertiary/aromatic N) is 4. The molecule has 3 aromatic rings. The molecular formula is C20H27N5O2S. The number of rotatable bonds is 7. The maximum Gasteiger partial charge on any atom is 0.272 e. The average Bonchev–Trinajstić information content (AvgIpc) is 3.34. The number of amides is 1. The van der Waals surface area contributed by atoms with Gasteiger partial charge in [0.15, 0.2) is 0 Å². The maximum absolute atomic E-state index is 12.8. The molecule has 0 aromatic carbocycles. The van der Waals surface area contributed by atoms with Gasteiger partial charge < -0.3 is 5.32 Å². The summed E-state index contributed by atoms with van der Waals surface area (Å²) in [4.78, 5) is 25.2. The summed E-state index contributed by atoms with van der Waals surface area (Å²) in [6.45, 7) is 2.74. The summed E-state index contributed by atoms with van der Waals surface area (Å²) in [5, 5.41) is 13.7. The molecule has 3 heterocycles. The quantitative estimate of drug-likeness (QED) is 0.659. The topological polar surface area (TPSA) is 81.3 Å².